The molecule has 1 heterocycles. The highest BCUT2D eigenvalue weighted by atomic mass is 19.1. The van der Waals surface area contributed by atoms with Crippen molar-refractivity contribution in [2.45, 2.75) is 45.1 Å². The second kappa shape index (κ2) is 11.6. The van der Waals surface area contributed by atoms with E-state index in [4.69, 9.17) is 14.7 Å². The zero-order valence-electron chi connectivity index (χ0n) is 21.9. The Morgan fingerprint density at radius 2 is 1.76 bits per heavy atom. The molecule has 0 saturated carbocycles. The number of likely N-dealkylation sites (tertiary alicyclic amines) is 1. The van der Waals surface area contributed by atoms with Gasteiger partial charge in [-0.25, -0.2) is 14.0 Å². The first kappa shape index (κ1) is 27.1. The molecule has 2 atom stereocenters. The van der Waals surface area contributed by atoms with Crippen molar-refractivity contribution >= 4 is 28.5 Å². The molecule has 2 unspecified atom stereocenters. The first-order chi connectivity index (χ1) is 18.1. The molecule has 200 valence electrons. The van der Waals surface area contributed by atoms with E-state index in [2.05, 4.69) is 5.16 Å². The molecule has 1 N–H and O–H groups in total. The zero-order valence-corrected chi connectivity index (χ0v) is 21.9. The van der Waals surface area contributed by atoms with Crippen LogP contribution in [0.25, 0.3) is 10.8 Å². The number of carboxylic acids is 1. The minimum absolute atomic E-state index is 0.0272. The maximum Gasteiger partial charge on any atom is 0.410 e. The van der Waals surface area contributed by atoms with Crippen LogP contribution in [0.1, 0.15) is 50.7 Å². The average Bonchev–Trinajstić information content (AvgIpc) is 2.87. The number of ether oxygens (including phenoxy) is 1. The number of amides is 1. The number of halogens is 1. The monoisotopic (exact) mass is 520 g/mol. The van der Waals surface area contributed by atoms with Gasteiger partial charge in [-0.1, -0.05) is 53.7 Å². The minimum atomic E-state index is -1.12. The van der Waals surface area contributed by atoms with Crippen molar-refractivity contribution < 1.29 is 28.7 Å². The third kappa shape index (κ3) is 7.09. The first-order valence-electron chi connectivity index (χ1n) is 12.7. The molecule has 1 aliphatic heterocycles. The molecule has 1 saturated heterocycles. The second-order valence-corrected chi connectivity index (χ2v) is 10.6. The fourth-order valence-electron chi connectivity index (χ4n) is 4.87. The first-order valence-corrected chi connectivity index (χ1v) is 12.7. The highest BCUT2D eigenvalue weighted by Gasteiger charge is 2.35. The van der Waals surface area contributed by atoms with Crippen molar-refractivity contribution in [2.24, 2.45) is 11.1 Å². The highest BCUT2D eigenvalue weighted by Crippen LogP contribution is 2.37. The summed E-state index contributed by atoms with van der Waals surface area (Å²) in [6, 6.07) is 20.3. The van der Waals surface area contributed by atoms with E-state index in [-0.39, 0.29) is 23.7 Å². The van der Waals surface area contributed by atoms with Crippen molar-refractivity contribution in [3.05, 3.63) is 83.7 Å². The third-order valence-electron chi connectivity index (χ3n) is 6.58. The molecule has 4 rings (SSSR count). The van der Waals surface area contributed by atoms with Crippen LogP contribution < -0.4 is 0 Å². The highest BCUT2D eigenvalue weighted by molar-refractivity contribution is 6.03. The predicted molar refractivity (Wildman–Crippen MR) is 144 cm³/mol. The van der Waals surface area contributed by atoms with Crippen LogP contribution in [0.5, 0.6) is 0 Å². The van der Waals surface area contributed by atoms with Gasteiger partial charge in [0.1, 0.15) is 11.4 Å². The van der Waals surface area contributed by atoms with Crippen LogP contribution in [-0.2, 0) is 14.4 Å². The fourth-order valence-corrected chi connectivity index (χ4v) is 4.87. The standard InChI is InChI=1S/C30H33FN2O5/c1-30(2,3)38-29(36)33-15-14-26(21-10-12-25(31)13-11-21)24(18-33)17-27(32-37-19-28(34)35)23-9-8-20-6-4-5-7-22(20)16-23/h4-13,16,24,26H,14-15,17-19H2,1-3H3,(H,34,35)/b32-27-. The number of fused-ring (bicyclic) bond motifs is 1. The van der Waals surface area contributed by atoms with Gasteiger partial charge in [0, 0.05) is 13.1 Å². The van der Waals surface area contributed by atoms with Gasteiger partial charge in [0.15, 0.2) is 0 Å². The number of hydrogen-bond acceptors (Lipinski definition) is 5. The molecule has 0 aromatic heterocycles. The van der Waals surface area contributed by atoms with Gasteiger partial charge in [-0.3, -0.25) is 0 Å². The van der Waals surface area contributed by atoms with Crippen LogP contribution in [0.2, 0.25) is 0 Å². The number of carbonyl (C=O) groups excluding carboxylic acids is 1. The molecule has 38 heavy (non-hydrogen) atoms. The average molecular weight is 521 g/mol. The molecule has 0 aliphatic carbocycles. The summed E-state index contributed by atoms with van der Waals surface area (Å²) in [6.45, 7) is 5.84. The molecule has 1 amide bonds. The van der Waals surface area contributed by atoms with Gasteiger partial charge in [0.25, 0.3) is 0 Å². The number of rotatable bonds is 7. The van der Waals surface area contributed by atoms with Crippen molar-refractivity contribution in [1.29, 1.82) is 0 Å². The minimum Gasteiger partial charge on any atom is -0.479 e. The molecule has 7 nitrogen and oxygen atoms in total. The molecular formula is C30H33FN2O5. The summed E-state index contributed by atoms with van der Waals surface area (Å²) in [4.78, 5) is 30.9. The number of nitrogens with zero attached hydrogens (tertiary/aromatic N) is 2. The largest absolute Gasteiger partial charge is 0.479 e. The summed E-state index contributed by atoms with van der Waals surface area (Å²) in [7, 11) is 0. The molecule has 3 aromatic carbocycles. The van der Waals surface area contributed by atoms with Crippen LogP contribution >= 0.6 is 0 Å². The van der Waals surface area contributed by atoms with Gasteiger partial charge in [-0.2, -0.15) is 0 Å². The Morgan fingerprint density at radius 1 is 1.05 bits per heavy atom. The van der Waals surface area contributed by atoms with Crippen molar-refractivity contribution in [3.8, 4) is 0 Å². The molecule has 8 heteroatoms. The van der Waals surface area contributed by atoms with Gasteiger partial charge >= 0.3 is 12.1 Å². The Kier molecular flexibility index (Phi) is 8.29. The molecule has 0 spiro atoms. The summed E-state index contributed by atoms with van der Waals surface area (Å²) >= 11 is 0. The fraction of sp³-hybridized carbons (Fsp3) is 0.367. The van der Waals surface area contributed by atoms with Gasteiger partial charge in [-0.05, 0) is 85.5 Å². The predicted octanol–water partition coefficient (Wildman–Crippen LogP) is 6.22. The number of carboxylic acid groups (broad SMARTS) is 1. The Morgan fingerprint density at radius 3 is 2.45 bits per heavy atom. The third-order valence-corrected chi connectivity index (χ3v) is 6.58. The number of benzene rings is 3. The van der Waals surface area contributed by atoms with Crippen LogP contribution in [-0.4, -0.2) is 53.1 Å². The lowest BCUT2D eigenvalue weighted by Gasteiger charge is -2.39. The summed E-state index contributed by atoms with van der Waals surface area (Å²) < 4.78 is 19.3. The van der Waals surface area contributed by atoms with E-state index in [1.807, 2.05) is 63.2 Å². The van der Waals surface area contributed by atoms with E-state index in [1.54, 1.807) is 17.0 Å². The summed E-state index contributed by atoms with van der Waals surface area (Å²) in [5.74, 6) is -1.50. The second-order valence-electron chi connectivity index (χ2n) is 10.6. The van der Waals surface area contributed by atoms with Gasteiger partial charge in [0.2, 0.25) is 6.61 Å². The number of carbonyl (C=O) groups is 2. The van der Waals surface area contributed by atoms with Crippen LogP contribution in [0.4, 0.5) is 9.18 Å². The Balaban J connectivity index is 1.67. The lowest BCUT2D eigenvalue weighted by Crippen LogP contribution is -2.45. The van der Waals surface area contributed by atoms with Crippen LogP contribution in [0.3, 0.4) is 0 Å². The lowest BCUT2D eigenvalue weighted by molar-refractivity contribution is -0.142. The quantitative estimate of drug-likeness (QED) is 0.295. The topological polar surface area (TPSA) is 88.4 Å². The number of piperidine rings is 1. The van der Waals surface area contributed by atoms with Gasteiger partial charge in [0.05, 0.1) is 5.71 Å². The SMILES string of the molecule is CC(C)(C)OC(=O)N1CCC(c2ccc(F)cc2)C(C/C(=N/OCC(=O)O)c2ccc3ccccc3c2)C1. The van der Waals surface area contributed by atoms with Crippen molar-refractivity contribution in [1.82, 2.24) is 4.90 Å². The van der Waals surface area contributed by atoms with Gasteiger partial charge < -0.3 is 19.6 Å². The molecule has 1 fully saturated rings. The number of oxime groups is 1. The van der Waals surface area contributed by atoms with Crippen LogP contribution in [0, 0.1) is 11.7 Å². The summed E-state index contributed by atoms with van der Waals surface area (Å²) in [6.07, 6.45) is 0.696. The van der Waals surface area contributed by atoms with Crippen molar-refractivity contribution in [2.75, 3.05) is 19.7 Å². The number of hydrogen-bond donors (Lipinski definition) is 1. The number of aliphatic carboxylic acids is 1. The molecule has 0 radical (unpaired) electrons. The Labute approximate surface area is 221 Å². The van der Waals surface area contributed by atoms with E-state index in [0.29, 0.717) is 31.6 Å². The van der Waals surface area contributed by atoms with E-state index in [1.165, 1.54) is 12.1 Å². The van der Waals surface area contributed by atoms with E-state index >= 15 is 0 Å². The smallest absolute Gasteiger partial charge is 0.410 e. The van der Waals surface area contributed by atoms with Crippen LogP contribution in [0.15, 0.2) is 71.9 Å². The molecular weight excluding hydrogens is 487 g/mol. The summed E-state index contributed by atoms with van der Waals surface area (Å²) in [5.41, 5.74) is 1.74. The van der Waals surface area contributed by atoms with E-state index < -0.39 is 18.2 Å². The lowest BCUT2D eigenvalue weighted by atomic mass is 9.77. The summed E-state index contributed by atoms with van der Waals surface area (Å²) in [5, 5.41) is 15.4. The molecule has 0 bridgehead atoms. The van der Waals surface area contributed by atoms with E-state index in [9.17, 15) is 14.0 Å². The Bertz CT molecular complexity index is 1320. The zero-order chi connectivity index (χ0) is 27.3. The molecule has 1 aliphatic rings. The van der Waals surface area contributed by atoms with Crippen molar-refractivity contribution in [3.63, 3.8) is 0 Å². The maximum absolute atomic E-state index is 13.7. The van der Waals surface area contributed by atoms with E-state index in [0.717, 1.165) is 21.9 Å². The molecule has 3 aromatic rings. The normalized spacial score (nSPS) is 18.3. The Hall–Kier alpha value is -3.94. The van der Waals surface area contributed by atoms with Gasteiger partial charge in [-0.15, -0.1) is 0 Å². The maximum atomic E-state index is 13.7.